The fourth-order valence-corrected chi connectivity index (χ4v) is 7.64. The summed E-state index contributed by atoms with van der Waals surface area (Å²) in [5.41, 5.74) is 2.11. The van der Waals surface area contributed by atoms with Gasteiger partial charge in [0.25, 0.3) is 0 Å². The summed E-state index contributed by atoms with van der Waals surface area (Å²) < 4.78 is 26.4. The van der Waals surface area contributed by atoms with Crippen molar-refractivity contribution in [1.29, 1.82) is 0 Å². The summed E-state index contributed by atoms with van der Waals surface area (Å²) in [6, 6.07) is 22.1. The van der Waals surface area contributed by atoms with Crippen molar-refractivity contribution in [3.05, 3.63) is 99.5 Å². The van der Waals surface area contributed by atoms with Crippen molar-refractivity contribution in [2.45, 2.75) is 17.4 Å². The number of hydrogen-bond donors (Lipinski definition) is 2. The first-order valence-electron chi connectivity index (χ1n) is 13.0. The van der Waals surface area contributed by atoms with Crippen LogP contribution in [-0.4, -0.2) is 85.1 Å². The SMILES string of the molecule is O=C(O)N1CCN(c2cccc(CS(=O)(=O)CC3(O)CN(C(c4ccc(Cl)cc4)c4ccc(Cl)cc4)C3)c2)CC1. The van der Waals surface area contributed by atoms with Gasteiger partial charge in [0.15, 0.2) is 9.84 Å². The number of carboxylic acid groups (broad SMARTS) is 1. The number of β-amino-alcohol motifs (C(OH)–C–C–N with tert-alkyl or cyclic N) is 1. The normalized spacial score (nSPS) is 17.6. The second-order valence-electron chi connectivity index (χ2n) is 10.6. The molecular weight excluding hydrogens is 573 g/mol. The Bertz CT molecular complexity index is 1410. The first-order valence-corrected chi connectivity index (χ1v) is 15.6. The number of sulfone groups is 1. The number of halogens is 2. The van der Waals surface area contributed by atoms with Crippen molar-refractivity contribution in [3.63, 3.8) is 0 Å². The molecule has 0 aromatic heterocycles. The Morgan fingerprint density at radius 1 is 0.875 bits per heavy atom. The zero-order valence-corrected chi connectivity index (χ0v) is 24.1. The summed E-state index contributed by atoms with van der Waals surface area (Å²) in [7, 11) is -3.63. The second-order valence-corrected chi connectivity index (χ2v) is 13.5. The minimum atomic E-state index is -3.63. The molecule has 0 atom stereocenters. The van der Waals surface area contributed by atoms with Crippen LogP contribution in [-0.2, 0) is 15.6 Å². The third-order valence-electron chi connectivity index (χ3n) is 7.43. The molecule has 8 nitrogen and oxygen atoms in total. The molecule has 3 aromatic rings. The van der Waals surface area contributed by atoms with Crippen LogP contribution in [0.15, 0.2) is 72.8 Å². The largest absolute Gasteiger partial charge is 0.465 e. The minimum absolute atomic E-state index is 0.184. The summed E-state index contributed by atoms with van der Waals surface area (Å²) in [6.45, 7) is 2.29. The van der Waals surface area contributed by atoms with Crippen LogP contribution in [0.2, 0.25) is 10.0 Å². The number of piperazine rings is 1. The van der Waals surface area contributed by atoms with E-state index in [0.29, 0.717) is 41.8 Å². The van der Waals surface area contributed by atoms with Gasteiger partial charge in [-0.2, -0.15) is 0 Å². The third kappa shape index (κ3) is 6.72. The Morgan fingerprint density at radius 2 is 1.43 bits per heavy atom. The predicted molar refractivity (Wildman–Crippen MR) is 157 cm³/mol. The van der Waals surface area contributed by atoms with Crippen molar-refractivity contribution < 1.29 is 23.4 Å². The van der Waals surface area contributed by atoms with Gasteiger partial charge in [0.1, 0.15) is 5.60 Å². The molecule has 0 saturated carbocycles. The van der Waals surface area contributed by atoms with E-state index in [0.717, 1.165) is 16.8 Å². The zero-order chi connectivity index (χ0) is 28.5. The van der Waals surface area contributed by atoms with Crippen LogP contribution < -0.4 is 4.90 Å². The Balaban J connectivity index is 1.25. The van der Waals surface area contributed by atoms with Crippen molar-refractivity contribution in [1.82, 2.24) is 9.80 Å². The van der Waals surface area contributed by atoms with Gasteiger partial charge in [-0.25, -0.2) is 13.2 Å². The van der Waals surface area contributed by atoms with Crippen LogP contribution in [0.4, 0.5) is 10.5 Å². The molecule has 0 radical (unpaired) electrons. The number of carbonyl (C=O) groups is 1. The molecular formula is C29H31Cl2N3O5S. The van der Waals surface area contributed by atoms with Gasteiger partial charge in [0.05, 0.1) is 17.5 Å². The predicted octanol–water partition coefficient (Wildman–Crippen LogP) is 4.54. The average Bonchev–Trinajstić information content (AvgIpc) is 2.89. The first-order chi connectivity index (χ1) is 19.0. The van der Waals surface area contributed by atoms with Crippen LogP contribution in [0.25, 0.3) is 0 Å². The molecule has 0 unspecified atom stereocenters. The van der Waals surface area contributed by atoms with Crippen LogP contribution in [0, 0.1) is 0 Å². The van der Waals surface area contributed by atoms with Crippen LogP contribution in [0.3, 0.4) is 0 Å². The Labute approximate surface area is 244 Å². The van der Waals surface area contributed by atoms with Gasteiger partial charge >= 0.3 is 6.09 Å². The molecule has 2 fully saturated rings. The number of amides is 1. The molecule has 5 rings (SSSR count). The fourth-order valence-electron chi connectivity index (χ4n) is 5.60. The van der Waals surface area contributed by atoms with Crippen LogP contribution in [0.1, 0.15) is 22.7 Å². The lowest BCUT2D eigenvalue weighted by Gasteiger charge is -2.50. The third-order valence-corrected chi connectivity index (χ3v) is 9.69. The molecule has 0 bridgehead atoms. The van der Waals surface area contributed by atoms with Gasteiger partial charge < -0.3 is 20.0 Å². The maximum Gasteiger partial charge on any atom is 0.407 e. The van der Waals surface area contributed by atoms with Crippen molar-refractivity contribution in [2.24, 2.45) is 0 Å². The molecule has 2 saturated heterocycles. The van der Waals surface area contributed by atoms with Crippen LogP contribution in [0.5, 0.6) is 0 Å². The summed E-state index contributed by atoms with van der Waals surface area (Å²) >= 11 is 12.2. The molecule has 11 heteroatoms. The number of rotatable bonds is 8. The van der Waals surface area contributed by atoms with Gasteiger partial charge in [-0.1, -0.05) is 59.6 Å². The summed E-state index contributed by atoms with van der Waals surface area (Å²) in [6.07, 6.45) is -0.931. The Kier molecular flexibility index (Phi) is 8.31. The highest BCUT2D eigenvalue weighted by Gasteiger charge is 2.47. The highest BCUT2D eigenvalue weighted by atomic mass is 35.5. The van der Waals surface area contributed by atoms with E-state index >= 15 is 0 Å². The lowest BCUT2D eigenvalue weighted by molar-refractivity contribution is -0.0937. The van der Waals surface area contributed by atoms with Crippen molar-refractivity contribution in [3.8, 4) is 0 Å². The van der Waals surface area contributed by atoms with E-state index in [9.17, 15) is 23.4 Å². The lowest BCUT2D eigenvalue weighted by atomic mass is 9.88. The van der Waals surface area contributed by atoms with Crippen molar-refractivity contribution in [2.75, 3.05) is 49.9 Å². The highest BCUT2D eigenvalue weighted by molar-refractivity contribution is 7.90. The second kappa shape index (κ2) is 11.6. The summed E-state index contributed by atoms with van der Waals surface area (Å²) in [4.78, 5) is 16.7. The summed E-state index contributed by atoms with van der Waals surface area (Å²) in [5, 5.41) is 21.6. The van der Waals surface area contributed by atoms with E-state index in [1.165, 1.54) is 4.90 Å². The van der Waals surface area contributed by atoms with E-state index in [1.54, 1.807) is 6.07 Å². The quantitative estimate of drug-likeness (QED) is 0.389. The molecule has 2 N–H and O–H groups in total. The minimum Gasteiger partial charge on any atom is -0.465 e. The van der Waals surface area contributed by atoms with Crippen LogP contribution >= 0.6 is 23.2 Å². The molecule has 212 valence electrons. The van der Waals surface area contributed by atoms with E-state index in [-0.39, 0.29) is 30.6 Å². The maximum absolute atomic E-state index is 13.2. The number of hydrogen-bond acceptors (Lipinski definition) is 6. The number of likely N-dealkylation sites (tertiary alicyclic amines) is 1. The van der Waals surface area contributed by atoms with E-state index < -0.39 is 21.5 Å². The topological polar surface area (TPSA) is 101 Å². The zero-order valence-electron chi connectivity index (χ0n) is 21.8. The molecule has 2 heterocycles. The molecule has 1 amide bonds. The van der Waals surface area contributed by atoms with E-state index in [1.807, 2.05) is 66.7 Å². The van der Waals surface area contributed by atoms with E-state index in [2.05, 4.69) is 9.80 Å². The van der Waals surface area contributed by atoms with Gasteiger partial charge in [0.2, 0.25) is 0 Å². The molecule has 2 aliphatic rings. The highest BCUT2D eigenvalue weighted by Crippen LogP contribution is 2.37. The van der Waals surface area contributed by atoms with E-state index in [4.69, 9.17) is 23.2 Å². The molecule has 0 aliphatic carbocycles. The molecule has 3 aromatic carbocycles. The van der Waals surface area contributed by atoms with Gasteiger partial charge in [-0.15, -0.1) is 0 Å². The number of benzene rings is 3. The lowest BCUT2D eigenvalue weighted by Crippen LogP contribution is -2.65. The van der Waals surface area contributed by atoms with Gasteiger partial charge in [-0.3, -0.25) is 4.90 Å². The number of aliphatic hydroxyl groups is 1. The Morgan fingerprint density at radius 3 is 1.95 bits per heavy atom. The van der Waals surface area contributed by atoms with Crippen molar-refractivity contribution >= 4 is 44.8 Å². The smallest absolute Gasteiger partial charge is 0.407 e. The summed E-state index contributed by atoms with van der Waals surface area (Å²) in [5.74, 6) is -0.526. The number of nitrogens with zero attached hydrogens (tertiary/aromatic N) is 3. The fraction of sp³-hybridized carbons (Fsp3) is 0.345. The average molecular weight is 605 g/mol. The monoisotopic (exact) mass is 603 g/mol. The van der Waals surface area contributed by atoms with Gasteiger partial charge in [-0.05, 0) is 53.1 Å². The standard InChI is InChI=1S/C29H31Cl2N3O5S/c30-24-8-4-22(5-9-24)27(23-6-10-25(31)11-7-23)34-18-29(37,19-34)20-40(38,39)17-21-2-1-3-26(16-21)32-12-14-33(15-13-32)28(35)36/h1-11,16,27,37H,12-15,17-20H2,(H,35,36). The first kappa shape index (κ1) is 28.7. The Hall–Kier alpha value is -2.82. The van der Waals surface area contributed by atoms with Gasteiger partial charge in [0, 0.05) is 55.0 Å². The molecule has 2 aliphatic heterocycles. The maximum atomic E-state index is 13.2. The number of anilines is 1. The molecule has 40 heavy (non-hydrogen) atoms. The molecule has 0 spiro atoms.